The number of guanidine groups is 1. The predicted octanol–water partition coefficient (Wildman–Crippen LogP) is -2.61. The summed E-state index contributed by atoms with van der Waals surface area (Å²) in [5.41, 5.74) is 21.7. The molecule has 0 aliphatic carbocycles. The number of nitrogens with zero attached hydrogens (tertiary/aromatic N) is 5. The molecule has 0 radical (unpaired) electrons. The van der Waals surface area contributed by atoms with E-state index >= 15 is 0 Å². The second kappa shape index (κ2) is 10.2. The van der Waals surface area contributed by atoms with E-state index in [-0.39, 0.29) is 36.2 Å². The largest absolute Gasteiger partial charge is 0.480 e. The van der Waals surface area contributed by atoms with Crippen molar-refractivity contribution in [1.29, 1.82) is 0 Å². The van der Waals surface area contributed by atoms with E-state index in [1.807, 2.05) is 0 Å². The van der Waals surface area contributed by atoms with Crippen molar-refractivity contribution < 1.29 is 14.7 Å². The van der Waals surface area contributed by atoms with Crippen molar-refractivity contribution in [1.82, 2.24) is 24.4 Å². The molecule has 30 heavy (non-hydrogen) atoms. The van der Waals surface area contributed by atoms with E-state index in [4.69, 9.17) is 28.0 Å². The lowest BCUT2D eigenvalue weighted by Gasteiger charge is -2.24. The number of aliphatic imine (C=N–C) groups is 1. The van der Waals surface area contributed by atoms with Crippen molar-refractivity contribution >= 4 is 34.9 Å². The fourth-order valence-corrected chi connectivity index (χ4v) is 2.85. The van der Waals surface area contributed by atoms with Gasteiger partial charge in [0, 0.05) is 19.1 Å². The second-order valence-electron chi connectivity index (χ2n) is 6.73. The summed E-state index contributed by atoms with van der Waals surface area (Å²) in [5.74, 6) is -1.78. The maximum Gasteiger partial charge on any atom is 0.323 e. The fraction of sp³-hybridized carbons (Fsp3) is 0.500. The number of nitrogens with one attached hydrogen (secondary N) is 1. The van der Waals surface area contributed by atoms with Gasteiger partial charge in [0.25, 0.3) is 5.56 Å². The number of H-pyrrole nitrogens is 1. The molecule has 2 rings (SSSR count). The molecule has 14 nitrogen and oxygen atoms in total. The Morgan fingerprint density at radius 2 is 2.07 bits per heavy atom. The van der Waals surface area contributed by atoms with Crippen molar-refractivity contribution in [3.8, 4) is 0 Å². The molecule has 0 fully saturated rings. The van der Waals surface area contributed by atoms with Crippen LogP contribution in [0.5, 0.6) is 0 Å². The van der Waals surface area contributed by atoms with Gasteiger partial charge >= 0.3 is 5.97 Å². The van der Waals surface area contributed by atoms with Crippen LogP contribution in [0.15, 0.2) is 16.1 Å². The quantitative estimate of drug-likeness (QED) is 0.125. The summed E-state index contributed by atoms with van der Waals surface area (Å²) >= 11 is 0. The molecule has 14 heteroatoms. The number of aromatic amines is 1. The first-order chi connectivity index (χ1) is 14.2. The number of carboxylic acids is 1. The molecule has 1 atom stereocenters. The normalized spacial score (nSPS) is 11.9. The zero-order valence-electron chi connectivity index (χ0n) is 16.3. The van der Waals surface area contributed by atoms with Gasteiger partial charge in [-0.2, -0.15) is 4.98 Å². The number of hydrogen-bond donors (Lipinski definition) is 6. The molecule has 1 amide bonds. The molecule has 0 aliphatic rings. The van der Waals surface area contributed by atoms with Crippen LogP contribution in [0.2, 0.25) is 0 Å². The third-order valence-electron chi connectivity index (χ3n) is 4.21. The lowest BCUT2D eigenvalue weighted by Crippen LogP contribution is -2.45. The van der Waals surface area contributed by atoms with Crippen molar-refractivity contribution in [3.63, 3.8) is 0 Å². The minimum Gasteiger partial charge on any atom is -0.480 e. The number of fused-ring (bicyclic) bond motifs is 1. The minimum absolute atomic E-state index is 0.0165. The SMILES string of the molecule is NC(N)=NCCCCC(N)CN(CC(=O)O)C(=O)Cn1cnc2c(=O)[nH]c(N)nc21. The highest BCUT2D eigenvalue weighted by atomic mass is 16.4. The number of anilines is 1. The molecular weight excluding hydrogens is 396 g/mol. The Balaban J connectivity index is 2.02. The number of nitrogen functional groups attached to an aromatic ring is 1. The Morgan fingerprint density at radius 1 is 1.33 bits per heavy atom. The number of carboxylic acid groups (broad SMARTS) is 1. The number of carbonyl (C=O) groups is 2. The summed E-state index contributed by atoms with van der Waals surface area (Å²) in [6, 6.07) is -0.427. The first kappa shape index (κ1) is 22.6. The Labute approximate surface area is 170 Å². The van der Waals surface area contributed by atoms with Crippen LogP contribution in [0.4, 0.5) is 5.95 Å². The Morgan fingerprint density at radius 3 is 2.73 bits per heavy atom. The number of amides is 1. The molecule has 164 valence electrons. The van der Waals surface area contributed by atoms with Crippen LogP contribution in [0.3, 0.4) is 0 Å². The van der Waals surface area contributed by atoms with Gasteiger partial charge in [0.2, 0.25) is 11.9 Å². The van der Waals surface area contributed by atoms with Gasteiger partial charge in [0.1, 0.15) is 13.1 Å². The van der Waals surface area contributed by atoms with Gasteiger partial charge in [-0.25, -0.2) is 4.98 Å². The smallest absolute Gasteiger partial charge is 0.323 e. The van der Waals surface area contributed by atoms with Crippen molar-refractivity contribution in [2.45, 2.75) is 31.8 Å². The highest BCUT2D eigenvalue weighted by molar-refractivity contribution is 5.82. The Kier molecular flexibility index (Phi) is 7.69. The van der Waals surface area contributed by atoms with Gasteiger partial charge in [-0.1, -0.05) is 6.42 Å². The average Bonchev–Trinajstić information content (AvgIpc) is 3.03. The number of rotatable bonds is 11. The van der Waals surface area contributed by atoms with Gasteiger partial charge in [0.15, 0.2) is 17.1 Å². The van der Waals surface area contributed by atoms with Crippen molar-refractivity contribution in [2.24, 2.45) is 22.2 Å². The Hall–Kier alpha value is -3.68. The molecule has 0 spiro atoms. The van der Waals surface area contributed by atoms with Gasteiger partial charge in [0.05, 0.1) is 6.33 Å². The average molecular weight is 422 g/mol. The number of nitrogens with two attached hydrogens (primary N) is 4. The molecule has 2 heterocycles. The molecule has 2 aromatic rings. The highest BCUT2D eigenvalue weighted by Gasteiger charge is 2.21. The first-order valence-corrected chi connectivity index (χ1v) is 9.18. The van der Waals surface area contributed by atoms with Crippen LogP contribution in [-0.2, 0) is 16.1 Å². The predicted molar refractivity (Wildman–Crippen MR) is 109 cm³/mol. The zero-order chi connectivity index (χ0) is 22.3. The van der Waals surface area contributed by atoms with Gasteiger partial charge in [-0.3, -0.25) is 24.4 Å². The Bertz CT molecular complexity index is 978. The van der Waals surface area contributed by atoms with Crippen LogP contribution < -0.4 is 28.5 Å². The van der Waals surface area contributed by atoms with Crippen LogP contribution in [-0.4, -0.2) is 73.0 Å². The van der Waals surface area contributed by atoms with Gasteiger partial charge < -0.3 is 37.5 Å². The number of imidazole rings is 1. The van der Waals surface area contributed by atoms with E-state index in [0.29, 0.717) is 25.8 Å². The molecular formula is C16H26N10O4. The third kappa shape index (κ3) is 6.44. The summed E-state index contributed by atoms with van der Waals surface area (Å²) in [6.07, 6.45) is 3.25. The molecule has 1 unspecified atom stereocenters. The van der Waals surface area contributed by atoms with Crippen LogP contribution in [0, 0.1) is 0 Å². The van der Waals surface area contributed by atoms with E-state index in [9.17, 15) is 14.4 Å². The monoisotopic (exact) mass is 422 g/mol. The lowest BCUT2D eigenvalue weighted by molar-refractivity contribution is -0.144. The molecule has 0 aromatic carbocycles. The standard InChI is InChI=1S/C16H26N10O4/c17-9(3-1-2-4-21-15(18)19)5-25(7-11(28)29)10(27)6-26-8-22-12-13(26)23-16(20)24-14(12)30/h8-9H,1-7,17H2,(H,28,29)(H4,18,19,21)(H3,20,23,24,30). The van der Waals surface area contributed by atoms with E-state index in [0.717, 1.165) is 4.90 Å². The fourth-order valence-electron chi connectivity index (χ4n) is 2.85. The summed E-state index contributed by atoms with van der Waals surface area (Å²) in [5, 5.41) is 9.15. The van der Waals surface area contributed by atoms with E-state index in [1.165, 1.54) is 10.9 Å². The topological polar surface area (TPSA) is 238 Å². The number of carbonyl (C=O) groups excluding carboxylic acids is 1. The van der Waals surface area contributed by atoms with Crippen LogP contribution >= 0.6 is 0 Å². The number of aliphatic carboxylic acids is 1. The summed E-state index contributed by atoms with van der Waals surface area (Å²) < 4.78 is 1.33. The molecule has 0 aliphatic heterocycles. The molecule has 0 saturated carbocycles. The zero-order valence-corrected chi connectivity index (χ0v) is 16.3. The van der Waals surface area contributed by atoms with Crippen molar-refractivity contribution in [2.75, 3.05) is 25.4 Å². The molecule has 10 N–H and O–H groups in total. The third-order valence-corrected chi connectivity index (χ3v) is 4.21. The van der Waals surface area contributed by atoms with E-state index < -0.39 is 30.0 Å². The molecule has 0 bridgehead atoms. The van der Waals surface area contributed by atoms with Gasteiger partial charge in [-0.05, 0) is 12.8 Å². The maximum atomic E-state index is 12.7. The number of aromatic nitrogens is 4. The lowest BCUT2D eigenvalue weighted by atomic mass is 10.1. The summed E-state index contributed by atoms with van der Waals surface area (Å²) in [4.78, 5) is 51.0. The van der Waals surface area contributed by atoms with Crippen molar-refractivity contribution in [3.05, 3.63) is 16.7 Å². The highest BCUT2D eigenvalue weighted by Crippen LogP contribution is 2.08. The van der Waals surface area contributed by atoms with Gasteiger partial charge in [-0.15, -0.1) is 0 Å². The van der Waals surface area contributed by atoms with E-state index in [1.54, 1.807) is 0 Å². The summed E-state index contributed by atoms with van der Waals surface area (Å²) in [6.45, 7) is -0.258. The maximum absolute atomic E-state index is 12.7. The van der Waals surface area contributed by atoms with E-state index in [2.05, 4.69) is 19.9 Å². The molecule has 2 aromatic heterocycles. The first-order valence-electron chi connectivity index (χ1n) is 9.18. The summed E-state index contributed by atoms with van der Waals surface area (Å²) in [7, 11) is 0. The van der Waals surface area contributed by atoms with Crippen LogP contribution in [0.25, 0.3) is 11.2 Å². The van der Waals surface area contributed by atoms with Crippen LogP contribution in [0.1, 0.15) is 19.3 Å². The minimum atomic E-state index is -1.17. The number of hydrogen-bond acceptors (Lipinski definition) is 8. The second-order valence-corrected chi connectivity index (χ2v) is 6.73. The molecule has 0 saturated heterocycles. The number of unbranched alkanes of at least 4 members (excludes halogenated alkanes) is 1.